The zero-order valence-electron chi connectivity index (χ0n) is 18.4. The van der Waals surface area contributed by atoms with Gasteiger partial charge in [-0.25, -0.2) is 13.8 Å². The summed E-state index contributed by atoms with van der Waals surface area (Å²) in [5.41, 5.74) is 3.20. The summed E-state index contributed by atoms with van der Waals surface area (Å²) in [5, 5.41) is 6.34. The van der Waals surface area contributed by atoms with E-state index in [2.05, 4.69) is 15.8 Å². The first-order valence-electron chi connectivity index (χ1n) is 10.3. The Balaban J connectivity index is 1.51. The molecule has 0 radical (unpaired) electrons. The number of rotatable bonds is 9. The number of nitrogens with one attached hydrogen (secondary N) is 2. The molecule has 0 spiro atoms. The summed E-state index contributed by atoms with van der Waals surface area (Å²) < 4.78 is 36.9. The van der Waals surface area contributed by atoms with E-state index in [1.165, 1.54) is 41.9 Å². The van der Waals surface area contributed by atoms with Crippen LogP contribution in [-0.4, -0.2) is 64.6 Å². The van der Waals surface area contributed by atoms with Gasteiger partial charge in [-0.1, -0.05) is 0 Å². The number of ether oxygens (including phenoxy) is 2. The zero-order chi connectivity index (χ0) is 23.8. The highest BCUT2D eigenvalue weighted by atomic mass is 32.2. The van der Waals surface area contributed by atoms with E-state index in [0.717, 1.165) is 12.8 Å². The van der Waals surface area contributed by atoms with E-state index in [-0.39, 0.29) is 17.0 Å². The molecular formula is C22H26N4O6S. The summed E-state index contributed by atoms with van der Waals surface area (Å²) in [7, 11) is -0.491. The Labute approximate surface area is 192 Å². The molecule has 1 heterocycles. The molecule has 1 aliphatic heterocycles. The molecule has 0 aliphatic carbocycles. The summed E-state index contributed by atoms with van der Waals surface area (Å²) in [4.78, 5) is 24.4. The molecule has 1 aliphatic rings. The molecule has 0 bridgehead atoms. The van der Waals surface area contributed by atoms with Gasteiger partial charge in [-0.15, -0.1) is 0 Å². The standard InChI is InChI=1S/C22H26N4O6S/c1-31-18-8-5-17(20(13-18)32-2)14-24-25-21(27)15-23-22(28)16-6-9-19(10-7-16)33(29,30)26-11-3-4-12-26/h5-10,13-14H,3-4,11-12,15H2,1-2H3,(H,23,28)(H,25,27)/b24-14-. The third-order valence-electron chi connectivity index (χ3n) is 5.06. The first-order valence-corrected chi connectivity index (χ1v) is 11.7. The maximum Gasteiger partial charge on any atom is 0.259 e. The molecule has 2 N–H and O–H groups in total. The van der Waals surface area contributed by atoms with Crippen LogP contribution in [0.4, 0.5) is 0 Å². The van der Waals surface area contributed by atoms with Crippen molar-refractivity contribution < 1.29 is 27.5 Å². The van der Waals surface area contributed by atoms with Crippen molar-refractivity contribution in [2.45, 2.75) is 17.7 Å². The second-order valence-electron chi connectivity index (χ2n) is 7.22. The molecule has 3 rings (SSSR count). The molecule has 11 heteroatoms. The van der Waals surface area contributed by atoms with Gasteiger partial charge in [0.2, 0.25) is 10.0 Å². The van der Waals surface area contributed by atoms with Crippen LogP contribution in [0.5, 0.6) is 11.5 Å². The molecule has 10 nitrogen and oxygen atoms in total. The van der Waals surface area contributed by atoms with E-state index in [0.29, 0.717) is 30.2 Å². The lowest BCUT2D eigenvalue weighted by atomic mass is 10.2. The summed E-state index contributed by atoms with van der Waals surface area (Å²) in [5.74, 6) is 0.115. The van der Waals surface area contributed by atoms with Gasteiger partial charge in [-0.3, -0.25) is 9.59 Å². The predicted octanol–water partition coefficient (Wildman–Crippen LogP) is 1.37. The monoisotopic (exact) mass is 474 g/mol. The van der Waals surface area contributed by atoms with Crippen molar-refractivity contribution in [2.75, 3.05) is 33.9 Å². The quantitative estimate of drug-likeness (QED) is 0.418. The summed E-state index contributed by atoms with van der Waals surface area (Å²) >= 11 is 0. The second-order valence-corrected chi connectivity index (χ2v) is 9.16. The molecule has 2 amide bonds. The number of carbonyl (C=O) groups is 2. The van der Waals surface area contributed by atoms with E-state index < -0.39 is 21.8 Å². The largest absolute Gasteiger partial charge is 0.497 e. The Morgan fingerprint density at radius 1 is 1.06 bits per heavy atom. The first kappa shape index (κ1) is 24.2. The Morgan fingerprint density at radius 2 is 1.76 bits per heavy atom. The van der Waals surface area contributed by atoms with Crippen LogP contribution >= 0.6 is 0 Å². The summed E-state index contributed by atoms with van der Waals surface area (Å²) in [6, 6.07) is 10.8. The lowest BCUT2D eigenvalue weighted by Crippen LogP contribution is -2.35. The van der Waals surface area contributed by atoms with E-state index in [9.17, 15) is 18.0 Å². The van der Waals surface area contributed by atoms with Crippen molar-refractivity contribution in [3.05, 3.63) is 53.6 Å². The van der Waals surface area contributed by atoms with Gasteiger partial charge in [0, 0.05) is 30.3 Å². The van der Waals surface area contributed by atoms with Crippen molar-refractivity contribution in [2.24, 2.45) is 5.10 Å². The fourth-order valence-electron chi connectivity index (χ4n) is 3.26. The van der Waals surface area contributed by atoms with Crippen molar-refractivity contribution in [3.63, 3.8) is 0 Å². The number of hydrazone groups is 1. The number of amides is 2. The van der Waals surface area contributed by atoms with Crippen LogP contribution in [0.25, 0.3) is 0 Å². The SMILES string of the molecule is COc1ccc(/C=N\NC(=O)CNC(=O)c2ccc(S(=O)(=O)N3CCCC3)cc2)c(OC)c1. The van der Waals surface area contributed by atoms with Gasteiger partial charge in [0.05, 0.1) is 31.9 Å². The second kappa shape index (κ2) is 10.9. The van der Waals surface area contributed by atoms with Crippen molar-refractivity contribution >= 4 is 28.1 Å². The lowest BCUT2D eigenvalue weighted by molar-refractivity contribution is -0.120. The molecule has 2 aromatic rings. The smallest absolute Gasteiger partial charge is 0.259 e. The molecule has 0 saturated carbocycles. The fourth-order valence-corrected chi connectivity index (χ4v) is 4.77. The summed E-state index contributed by atoms with van der Waals surface area (Å²) in [6.45, 7) is 0.713. The molecule has 2 aromatic carbocycles. The van der Waals surface area contributed by atoms with Crippen LogP contribution in [-0.2, 0) is 14.8 Å². The Bertz CT molecular complexity index is 1130. The van der Waals surface area contributed by atoms with Gasteiger partial charge < -0.3 is 14.8 Å². The highest BCUT2D eigenvalue weighted by molar-refractivity contribution is 7.89. The third-order valence-corrected chi connectivity index (χ3v) is 6.98. The first-order chi connectivity index (χ1) is 15.8. The van der Waals surface area contributed by atoms with Crippen molar-refractivity contribution in [1.29, 1.82) is 0 Å². The topological polar surface area (TPSA) is 126 Å². The van der Waals surface area contributed by atoms with Crippen LogP contribution < -0.4 is 20.2 Å². The number of nitrogens with zero attached hydrogens (tertiary/aromatic N) is 2. The average Bonchev–Trinajstić information content (AvgIpc) is 3.39. The maximum atomic E-state index is 12.6. The average molecular weight is 475 g/mol. The Hall–Kier alpha value is -3.44. The molecule has 1 fully saturated rings. The van der Waals surface area contributed by atoms with Crippen LogP contribution in [0.15, 0.2) is 52.5 Å². The third kappa shape index (κ3) is 6.08. The lowest BCUT2D eigenvalue weighted by Gasteiger charge is -2.15. The normalized spacial score (nSPS) is 14.2. The number of carbonyl (C=O) groups excluding carboxylic acids is 2. The van der Waals surface area contributed by atoms with E-state index >= 15 is 0 Å². The van der Waals surface area contributed by atoms with Crippen LogP contribution in [0.1, 0.15) is 28.8 Å². The molecule has 0 unspecified atom stereocenters. The highest BCUT2D eigenvalue weighted by Crippen LogP contribution is 2.23. The van der Waals surface area contributed by atoms with Crippen LogP contribution in [0, 0.1) is 0 Å². The molecule has 33 heavy (non-hydrogen) atoms. The molecule has 1 saturated heterocycles. The number of methoxy groups -OCH3 is 2. The van der Waals surface area contributed by atoms with Gasteiger partial charge in [0.15, 0.2) is 0 Å². The van der Waals surface area contributed by atoms with Gasteiger partial charge >= 0.3 is 0 Å². The van der Waals surface area contributed by atoms with E-state index in [1.807, 2.05) is 0 Å². The van der Waals surface area contributed by atoms with Crippen molar-refractivity contribution in [3.8, 4) is 11.5 Å². The molecule has 0 aromatic heterocycles. The van der Waals surface area contributed by atoms with E-state index in [1.54, 1.807) is 25.3 Å². The number of hydrogen-bond acceptors (Lipinski definition) is 7. The number of sulfonamides is 1. The maximum absolute atomic E-state index is 12.6. The molecular weight excluding hydrogens is 448 g/mol. The number of hydrogen-bond donors (Lipinski definition) is 2. The summed E-state index contributed by atoms with van der Waals surface area (Å²) in [6.07, 6.45) is 3.11. The van der Waals surface area contributed by atoms with E-state index in [4.69, 9.17) is 9.47 Å². The van der Waals surface area contributed by atoms with Gasteiger partial charge in [-0.05, 0) is 49.2 Å². The van der Waals surface area contributed by atoms with Gasteiger partial charge in [-0.2, -0.15) is 9.41 Å². The zero-order valence-corrected chi connectivity index (χ0v) is 19.2. The fraction of sp³-hybridized carbons (Fsp3) is 0.318. The Kier molecular flexibility index (Phi) is 8.01. The van der Waals surface area contributed by atoms with Crippen molar-refractivity contribution in [1.82, 2.24) is 15.0 Å². The highest BCUT2D eigenvalue weighted by Gasteiger charge is 2.27. The predicted molar refractivity (Wildman–Crippen MR) is 122 cm³/mol. The molecule has 0 atom stereocenters. The van der Waals surface area contributed by atoms with Crippen LogP contribution in [0.2, 0.25) is 0 Å². The van der Waals surface area contributed by atoms with Gasteiger partial charge in [0.1, 0.15) is 11.5 Å². The molecule has 176 valence electrons. The minimum Gasteiger partial charge on any atom is -0.497 e. The minimum atomic E-state index is -3.54. The van der Waals surface area contributed by atoms with Crippen LogP contribution in [0.3, 0.4) is 0 Å². The Morgan fingerprint density at radius 3 is 2.39 bits per heavy atom. The minimum absolute atomic E-state index is 0.141. The number of benzene rings is 2. The van der Waals surface area contributed by atoms with Gasteiger partial charge in [0.25, 0.3) is 11.8 Å².